The molecule has 0 fully saturated rings. The second-order valence-electron chi connectivity index (χ2n) is 3.76. The van der Waals surface area contributed by atoms with Gasteiger partial charge in [-0.2, -0.15) is 5.10 Å². The Bertz CT molecular complexity index is 371. The number of hydrogen-bond acceptors (Lipinski definition) is 3. The van der Waals surface area contributed by atoms with Gasteiger partial charge in [0.15, 0.2) is 0 Å². The molecule has 0 radical (unpaired) electrons. The van der Waals surface area contributed by atoms with Gasteiger partial charge in [-0.25, -0.2) is 0 Å². The van der Waals surface area contributed by atoms with Crippen LogP contribution in [0.2, 0.25) is 0 Å². The Labute approximate surface area is 98.0 Å². The molecule has 0 aliphatic heterocycles. The molecule has 1 heterocycles. The predicted molar refractivity (Wildman–Crippen MR) is 62.8 cm³/mol. The monoisotopic (exact) mass is 273 g/mol. The number of aromatic nitrogens is 2. The molecule has 5 heteroatoms. The average Bonchev–Trinajstić information content (AvgIpc) is 2.58. The second kappa shape index (κ2) is 4.45. The number of ketones is 1. The van der Waals surface area contributed by atoms with Crippen LogP contribution in [-0.4, -0.2) is 21.1 Å². The van der Waals surface area contributed by atoms with Crippen molar-refractivity contribution in [1.82, 2.24) is 9.78 Å². The standard InChI is InChI=1S/C10H16BrN3O/c1-4-10(3,12)9(15)8-7(11)6-13-14(8)5-2/h6H,4-5,12H2,1-3H3. The molecular formula is C10H16BrN3O. The van der Waals surface area contributed by atoms with Crippen LogP contribution in [0, 0.1) is 0 Å². The fourth-order valence-electron chi connectivity index (χ4n) is 1.26. The average molecular weight is 274 g/mol. The van der Waals surface area contributed by atoms with Crippen LogP contribution in [-0.2, 0) is 6.54 Å². The van der Waals surface area contributed by atoms with Gasteiger partial charge in [0.25, 0.3) is 0 Å². The number of rotatable bonds is 4. The quantitative estimate of drug-likeness (QED) is 0.854. The Morgan fingerprint density at radius 3 is 2.73 bits per heavy atom. The Hall–Kier alpha value is -0.680. The van der Waals surface area contributed by atoms with Crippen molar-refractivity contribution in [1.29, 1.82) is 0 Å². The van der Waals surface area contributed by atoms with Gasteiger partial charge in [0.2, 0.25) is 5.78 Å². The largest absolute Gasteiger partial charge is 0.319 e. The highest BCUT2D eigenvalue weighted by Crippen LogP contribution is 2.22. The van der Waals surface area contributed by atoms with Crippen molar-refractivity contribution in [3.05, 3.63) is 16.4 Å². The summed E-state index contributed by atoms with van der Waals surface area (Å²) in [5.41, 5.74) is 5.67. The van der Waals surface area contributed by atoms with Crippen LogP contribution in [0.3, 0.4) is 0 Å². The highest BCUT2D eigenvalue weighted by Gasteiger charge is 2.31. The van der Waals surface area contributed by atoms with Crippen molar-refractivity contribution in [3.8, 4) is 0 Å². The predicted octanol–water partition coefficient (Wildman–Crippen LogP) is 1.98. The third-order valence-corrected chi connectivity index (χ3v) is 3.14. The van der Waals surface area contributed by atoms with Crippen LogP contribution >= 0.6 is 15.9 Å². The SMILES string of the molecule is CCn1ncc(Br)c1C(=O)C(C)(N)CC. The Morgan fingerprint density at radius 1 is 1.67 bits per heavy atom. The lowest BCUT2D eigenvalue weighted by Gasteiger charge is -2.21. The van der Waals surface area contributed by atoms with Crippen molar-refractivity contribution < 1.29 is 4.79 Å². The molecular weight excluding hydrogens is 258 g/mol. The molecule has 0 aliphatic carbocycles. The molecule has 1 aromatic rings. The summed E-state index contributed by atoms with van der Waals surface area (Å²) < 4.78 is 2.37. The van der Waals surface area contributed by atoms with E-state index in [9.17, 15) is 4.79 Å². The fourth-order valence-corrected chi connectivity index (χ4v) is 1.74. The molecule has 2 N–H and O–H groups in total. The Balaban J connectivity index is 3.16. The molecule has 1 aromatic heterocycles. The minimum atomic E-state index is -0.824. The minimum Gasteiger partial charge on any atom is -0.319 e. The van der Waals surface area contributed by atoms with E-state index in [1.165, 1.54) is 0 Å². The first-order valence-electron chi connectivity index (χ1n) is 4.99. The van der Waals surface area contributed by atoms with E-state index in [0.717, 1.165) is 0 Å². The van der Waals surface area contributed by atoms with Crippen LogP contribution in [0.25, 0.3) is 0 Å². The maximum absolute atomic E-state index is 12.1. The number of Topliss-reactive ketones (excluding diaryl/α,β-unsaturated/α-hetero) is 1. The number of aryl methyl sites for hydroxylation is 1. The molecule has 1 atom stereocenters. The number of nitrogens with zero attached hydrogens (tertiary/aromatic N) is 2. The summed E-state index contributed by atoms with van der Waals surface area (Å²) in [6.07, 6.45) is 2.23. The third kappa shape index (κ3) is 2.29. The third-order valence-electron chi connectivity index (χ3n) is 2.56. The fraction of sp³-hybridized carbons (Fsp3) is 0.600. The van der Waals surface area contributed by atoms with E-state index in [4.69, 9.17) is 5.73 Å². The Morgan fingerprint density at radius 2 is 2.27 bits per heavy atom. The highest BCUT2D eigenvalue weighted by molar-refractivity contribution is 9.10. The van der Waals surface area contributed by atoms with E-state index in [1.54, 1.807) is 17.8 Å². The molecule has 0 bridgehead atoms. The van der Waals surface area contributed by atoms with Crippen LogP contribution < -0.4 is 5.73 Å². The lowest BCUT2D eigenvalue weighted by Crippen LogP contribution is -2.45. The second-order valence-corrected chi connectivity index (χ2v) is 4.61. The summed E-state index contributed by atoms with van der Waals surface area (Å²) in [6.45, 7) is 6.25. The van der Waals surface area contributed by atoms with Gasteiger partial charge in [0.05, 0.1) is 16.2 Å². The van der Waals surface area contributed by atoms with Gasteiger partial charge in [-0.05, 0) is 36.2 Å². The number of carbonyl (C=O) groups excluding carboxylic acids is 1. The maximum Gasteiger partial charge on any atom is 0.201 e. The van der Waals surface area contributed by atoms with E-state index >= 15 is 0 Å². The van der Waals surface area contributed by atoms with Crippen molar-refractivity contribution >= 4 is 21.7 Å². The first-order valence-corrected chi connectivity index (χ1v) is 5.78. The first-order chi connectivity index (χ1) is 6.94. The van der Waals surface area contributed by atoms with Gasteiger partial charge in [-0.1, -0.05) is 6.92 Å². The molecule has 0 saturated heterocycles. The lowest BCUT2D eigenvalue weighted by atomic mass is 9.92. The molecule has 1 unspecified atom stereocenters. The summed E-state index contributed by atoms with van der Waals surface area (Å²) in [5, 5.41) is 4.10. The van der Waals surface area contributed by atoms with Crippen LogP contribution in [0.1, 0.15) is 37.7 Å². The molecule has 0 aromatic carbocycles. The molecule has 0 amide bonds. The summed E-state index contributed by atoms with van der Waals surface area (Å²) in [5.74, 6) is -0.0729. The zero-order valence-corrected chi connectivity index (χ0v) is 10.8. The smallest absolute Gasteiger partial charge is 0.201 e. The van der Waals surface area contributed by atoms with Gasteiger partial charge in [0, 0.05) is 6.54 Å². The summed E-state index contributed by atoms with van der Waals surface area (Å²) in [4.78, 5) is 12.1. The molecule has 1 rings (SSSR count). The van der Waals surface area contributed by atoms with Crippen LogP contribution in [0.4, 0.5) is 0 Å². The van der Waals surface area contributed by atoms with E-state index < -0.39 is 5.54 Å². The van der Waals surface area contributed by atoms with Gasteiger partial charge in [-0.3, -0.25) is 9.48 Å². The van der Waals surface area contributed by atoms with Crippen LogP contribution in [0.5, 0.6) is 0 Å². The van der Waals surface area contributed by atoms with Crippen molar-refractivity contribution in [3.63, 3.8) is 0 Å². The van der Waals surface area contributed by atoms with Crippen molar-refractivity contribution in [2.45, 2.75) is 39.3 Å². The lowest BCUT2D eigenvalue weighted by molar-refractivity contribution is 0.0886. The number of carbonyl (C=O) groups is 1. The first kappa shape index (κ1) is 12.4. The normalized spacial score (nSPS) is 15.0. The van der Waals surface area contributed by atoms with Gasteiger partial charge < -0.3 is 5.73 Å². The molecule has 0 aliphatic rings. The summed E-state index contributed by atoms with van der Waals surface area (Å²) >= 11 is 3.32. The summed E-state index contributed by atoms with van der Waals surface area (Å²) in [7, 11) is 0. The van der Waals surface area contributed by atoms with Gasteiger partial charge >= 0.3 is 0 Å². The van der Waals surface area contributed by atoms with E-state index in [0.29, 0.717) is 23.1 Å². The maximum atomic E-state index is 12.1. The number of halogens is 1. The number of hydrogen-bond donors (Lipinski definition) is 1. The molecule has 84 valence electrons. The molecule has 0 saturated carbocycles. The topological polar surface area (TPSA) is 60.9 Å². The van der Waals surface area contributed by atoms with Gasteiger partial charge in [0.1, 0.15) is 5.69 Å². The van der Waals surface area contributed by atoms with Gasteiger partial charge in [-0.15, -0.1) is 0 Å². The van der Waals surface area contributed by atoms with Crippen molar-refractivity contribution in [2.75, 3.05) is 0 Å². The Kier molecular flexibility index (Phi) is 3.67. The van der Waals surface area contributed by atoms with E-state index in [-0.39, 0.29) is 5.78 Å². The molecule has 4 nitrogen and oxygen atoms in total. The highest BCUT2D eigenvalue weighted by atomic mass is 79.9. The number of nitrogens with two attached hydrogens (primary N) is 1. The van der Waals surface area contributed by atoms with E-state index in [1.807, 2.05) is 13.8 Å². The van der Waals surface area contributed by atoms with Crippen molar-refractivity contribution in [2.24, 2.45) is 5.73 Å². The van der Waals surface area contributed by atoms with Crippen LogP contribution in [0.15, 0.2) is 10.7 Å². The van der Waals surface area contributed by atoms with E-state index in [2.05, 4.69) is 21.0 Å². The molecule has 15 heavy (non-hydrogen) atoms. The zero-order chi connectivity index (χ0) is 11.6. The summed E-state index contributed by atoms with van der Waals surface area (Å²) in [6, 6.07) is 0. The molecule has 0 spiro atoms. The zero-order valence-electron chi connectivity index (χ0n) is 9.25. The minimum absolute atomic E-state index is 0.0729.